The van der Waals surface area contributed by atoms with Gasteiger partial charge in [-0.3, -0.25) is 0 Å². The molecule has 0 bridgehead atoms. The van der Waals surface area contributed by atoms with Crippen molar-refractivity contribution in [3.63, 3.8) is 0 Å². The van der Waals surface area contributed by atoms with Crippen molar-refractivity contribution in [2.24, 2.45) is 0 Å². The van der Waals surface area contributed by atoms with E-state index < -0.39 is 5.60 Å². The Labute approximate surface area is 111 Å². The van der Waals surface area contributed by atoms with Gasteiger partial charge in [0.05, 0.1) is 16.1 Å². The highest BCUT2D eigenvalue weighted by molar-refractivity contribution is 9.10. The molecule has 0 heterocycles. The first-order valence-electron chi connectivity index (χ1n) is 5.66. The van der Waals surface area contributed by atoms with Gasteiger partial charge in [-0.05, 0) is 42.4 Å². The maximum atomic E-state index is 14.1. The van der Waals surface area contributed by atoms with E-state index in [0.717, 1.165) is 6.42 Å². The van der Waals surface area contributed by atoms with E-state index in [-0.39, 0.29) is 11.9 Å². The van der Waals surface area contributed by atoms with Gasteiger partial charge < -0.3 is 10.1 Å². The van der Waals surface area contributed by atoms with E-state index in [0.29, 0.717) is 10.0 Å². The minimum absolute atomic E-state index is 0.185. The number of hydrogen-bond acceptors (Lipinski definition) is 2. The molecule has 96 valence electrons. The Morgan fingerprint density at radius 2 is 2.18 bits per heavy atom. The average Bonchev–Trinajstić information content (AvgIpc) is 2.35. The van der Waals surface area contributed by atoms with E-state index >= 15 is 0 Å². The molecule has 0 spiro atoms. The van der Waals surface area contributed by atoms with Gasteiger partial charge in [0.1, 0.15) is 5.82 Å². The fourth-order valence-electron chi connectivity index (χ4n) is 2.00. The summed E-state index contributed by atoms with van der Waals surface area (Å²) in [4.78, 5) is 0. The lowest BCUT2D eigenvalue weighted by atomic mass is 9.87. The molecule has 0 saturated heterocycles. The molecular formula is C13H19BrFNO. The SMILES string of the molecule is CCC(C)(OC)C(NC)c1cccc(Br)c1F. The average molecular weight is 304 g/mol. The number of benzene rings is 1. The second-order valence-corrected chi connectivity index (χ2v) is 5.09. The molecule has 0 aliphatic rings. The van der Waals surface area contributed by atoms with Crippen LogP contribution in [0.5, 0.6) is 0 Å². The van der Waals surface area contributed by atoms with Crippen LogP contribution in [0.15, 0.2) is 22.7 Å². The van der Waals surface area contributed by atoms with Gasteiger partial charge in [-0.2, -0.15) is 0 Å². The number of ether oxygens (including phenoxy) is 1. The maximum Gasteiger partial charge on any atom is 0.142 e. The zero-order chi connectivity index (χ0) is 13.1. The summed E-state index contributed by atoms with van der Waals surface area (Å²) >= 11 is 3.21. The van der Waals surface area contributed by atoms with Crippen LogP contribution in [0.3, 0.4) is 0 Å². The fraction of sp³-hybridized carbons (Fsp3) is 0.538. The maximum absolute atomic E-state index is 14.1. The minimum atomic E-state index is -0.434. The number of hydrogen-bond donors (Lipinski definition) is 1. The lowest BCUT2D eigenvalue weighted by Gasteiger charge is -2.36. The molecule has 0 radical (unpaired) electrons. The molecule has 4 heteroatoms. The molecule has 0 aliphatic heterocycles. The number of methoxy groups -OCH3 is 1. The fourth-order valence-corrected chi connectivity index (χ4v) is 2.38. The van der Waals surface area contributed by atoms with E-state index in [9.17, 15) is 4.39 Å². The smallest absolute Gasteiger partial charge is 0.142 e. The van der Waals surface area contributed by atoms with Crippen LogP contribution in [0.1, 0.15) is 31.9 Å². The molecule has 0 fully saturated rings. The van der Waals surface area contributed by atoms with E-state index in [1.54, 1.807) is 19.2 Å². The summed E-state index contributed by atoms with van der Waals surface area (Å²) in [7, 11) is 3.47. The van der Waals surface area contributed by atoms with Crippen molar-refractivity contribution in [1.29, 1.82) is 0 Å². The number of halogens is 2. The zero-order valence-corrected chi connectivity index (χ0v) is 12.3. The van der Waals surface area contributed by atoms with Crippen molar-refractivity contribution in [1.82, 2.24) is 5.32 Å². The molecule has 17 heavy (non-hydrogen) atoms. The normalized spacial score (nSPS) is 16.6. The largest absolute Gasteiger partial charge is 0.377 e. The van der Waals surface area contributed by atoms with Crippen molar-refractivity contribution >= 4 is 15.9 Å². The number of likely N-dealkylation sites (N-methyl/N-ethyl adjacent to an activating group) is 1. The van der Waals surface area contributed by atoms with Gasteiger partial charge in [0.2, 0.25) is 0 Å². The van der Waals surface area contributed by atoms with Crippen LogP contribution in [0.4, 0.5) is 4.39 Å². The van der Waals surface area contributed by atoms with Crippen LogP contribution >= 0.6 is 15.9 Å². The summed E-state index contributed by atoms with van der Waals surface area (Å²) in [6.07, 6.45) is 0.793. The van der Waals surface area contributed by atoms with Crippen LogP contribution in [0.25, 0.3) is 0 Å². The van der Waals surface area contributed by atoms with Crippen LogP contribution < -0.4 is 5.32 Å². The Morgan fingerprint density at radius 1 is 1.53 bits per heavy atom. The first kappa shape index (κ1) is 14.6. The Morgan fingerprint density at radius 3 is 2.65 bits per heavy atom. The lowest BCUT2D eigenvalue weighted by molar-refractivity contribution is -0.0289. The van der Waals surface area contributed by atoms with E-state index in [4.69, 9.17) is 4.74 Å². The summed E-state index contributed by atoms with van der Waals surface area (Å²) in [5, 5.41) is 3.14. The summed E-state index contributed by atoms with van der Waals surface area (Å²) in [6, 6.07) is 5.13. The molecule has 0 aromatic heterocycles. The third kappa shape index (κ3) is 2.87. The number of rotatable bonds is 5. The first-order valence-corrected chi connectivity index (χ1v) is 6.45. The molecular weight excluding hydrogens is 285 g/mol. The number of nitrogens with one attached hydrogen (secondary N) is 1. The summed E-state index contributed by atoms with van der Waals surface area (Å²) in [5.41, 5.74) is 0.184. The summed E-state index contributed by atoms with van der Waals surface area (Å²) < 4.78 is 20.1. The van der Waals surface area contributed by atoms with Crippen LogP contribution in [-0.4, -0.2) is 19.8 Å². The first-order chi connectivity index (χ1) is 8.00. The second-order valence-electron chi connectivity index (χ2n) is 4.24. The highest BCUT2D eigenvalue weighted by Gasteiger charge is 2.34. The third-order valence-corrected chi connectivity index (χ3v) is 3.97. The molecule has 1 aromatic rings. The molecule has 1 aromatic carbocycles. The van der Waals surface area contributed by atoms with Crippen molar-refractivity contribution in [3.05, 3.63) is 34.1 Å². The monoisotopic (exact) mass is 303 g/mol. The Balaban J connectivity index is 3.22. The Bertz CT molecular complexity index is 380. The van der Waals surface area contributed by atoms with Gasteiger partial charge >= 0.3 is 0 Å². The van der Waals surface area contributed by atoms with E-state index in [2.05, 4.69) is 21.2 Å². The van der Waals surface area contributed by atoms with Crippen molar-refractivity contribution in [3.8, 4) is 0 Å². The second kappa shape index (κ2) is 5.94. The van der Waals surface area contributed by atoms with Gasteiger partial charge in [-0.15, -0.1) is 0 Å². The highest BCUT2D eigenvalue weighted by Crippen LogP contribution is 2.34. The highest BCUT2D eigenvalue weighted by atomic mass is 79.9. The minimum Gasteiger partial charge on any atom is -0.377 e. The zero-order valence-electron chi connectivity index (χ0n) is 10.7. The van der Waals surface area contributed by atoms with Gasteiger partial charge in [0.15, 0.2) is 0 Å². The molecule has 2 atom stereocenters. The van der Waals surface area contributed by atoms with E-state index in [1.165, 1.54) is 0 Å². The van der Waals surface area contributed by atoms with Crippen LogP contribution in [-0.2, 0) is 4.74 Å². The summed E-state index contributed by atoms with van der Waals surface area (Å²) in [5.74, 6) is -0.233. The predicted molar refractivity (Wildman–Crippen MR) is 71.6 cm³/mol. The molecule has 0 aliphatic carbocycles. The van der Waals surface area contributed by atoms with Gasteiger partial charge in [0, 0.05) is 12.7 Å². The molecule has 2 unspecified atom stereocenters. The Hall–Kier alpha value is -0.450. The quantitative estimate of drug-likeness (QED) is 0.896. The lowest BCUT2D eigenvalue weighted by Crippen LogP contribution is -2.41. The van der Waals surface area contributed by atoms with Gasteiger partial charge in [-0.25, -0.2) is 4.39 Å². The van der Waals surface area contributed by atoms with Gasteiger partial charge in [-0.1, -0.05) is 19.1 Å². The third-order valence-electron chi connectivity index (χ3n) is 3.36. The van der Waals surface area contributed by atoms with Crippen molar-refractivity contribution in [2.75, 3.05) is 14.2 Å². The molecule has 1 rings (SSSR count). The summed E-state index contributed by atoms with van der Waals surface area (Å²) in [6.45, 7) is 4.01. The topological polar surface area (TPSA) is 21.3 Å². The standard InChI is InChI=1S/C13H19BrFNO/c1-5-13(2,17-4)12(16-3)9-7-6-8-10(14)11(9)15/h6-8,12,16H,5H2,1-4H3. The molecule has 2 nitrogen and oxygen atoms in total. The predicted octanol–water partition coefficient (Wildman–Crippen LogP) is 3.66. The molecule has 0 amide bonds. The van der Waals surface area contributed by atoms with E-state index in [1.807, 2.05) is 27.0 Å². The molecule has 1 N–H and O–H groups in total. The molecule has 0 saturated carbocycles. The van der Waals surface area contributed by atoms with Crippen LogP contribution in [0.2, 0.25) is 0 Å². The van der Waals surface area contributed by atoms with Crippen molar-refractivity contribution in [2.45, 2.75) is 31.9 Å². The van der Waals surface area contributed by atoms with Crippen LogP contribution in [0, 0.1) is 5.82 Å². The Kier molecular flexibility index (Phi) is 5.10. The van der Waals surface area contributed by atoms with Gasteiger partial charge in [0.25, 0.3) is 0 Å². The van der Waals surface area contributed by atoms with Crippen molar-refractivity contribution < 1.29 is 9.13 Å².